The van der Waals surface area contributed by atoms with Gasteiger partial charge in [0, 0.05) is 31.1 Å². The van der Waals surface area contributed by atoms with Crippen molar-refractivity contribution in [1.82, 2.24) is 10.2 Å². The molecule has 6 rings (SSSR count). The average molecular weight is 466 g/mol. The maximum atomic E-state index is 13.4. The van der Waals surface area contributed by atoms with E-state index >= 15 is 0 Å². The molecule has 1 aromatic carbocycles. The highest BCUT2D eigenvalue weighted by atomic mass is 19.4. The predicted molar refractivity (Wildman–Crippen MR) is 114 cm³/mol. The number of rotatable bonds is 5. The highest BCUT2D eigenvalue weighted by Gasteiger charge is 2.58. The Balaban J connectivity index is 1.23. The lowest BCUT2D eigenvalue weighted by Crippen LogP contribution is -2.63. The quantitative estimate of drug-likeness (QED) is 0.701. The fourth-order valence-electron chi connectivity index (χ4n) is 7.00. The van der Waals surface area contributed by atoms with E-state index in [9.17, 15) is 22.8 Å². The Morgan fingerprint density at radius 1 is 1.15 bits per heavy atom. The van der Waals surface area contributed by atoms with Gasteiger partial charge < -0.3 is 15.8 Å². The first kappa shape index (κ1) is 22.7. The lowest BCUT2D eigenvalue weighted by Gasteiger charge is -2.59. The average Bonchev–Trinajstić information content (AvgIpc) is 2.75. The highest BCUT2D eigenvalue weighted by molar-refractivity contribution is 5.83. The minimum atomic E-state index is -4.42. The molecule has 2 unspecified atom stereocenters. The van der Waals surface area contributed by atoms with Gasteiger partial charge in [0.1, 0.15) is 6.10 Å². The number of ether oxygens (including phenoxy) is 1. The Labute approximate surface area is 191 Å². The maximum Gasteiger partial charge on any atom is 0.416 e. The fraction of sp³-hybridized carbons (Fsp3) is 0.667. The second-order valence-electron chi connectivity index (χ2n) is 10.4. The molecule has 9 heteroatoms. The number of nitrogens with zero attached hydrogens (tertiary/aromatic N) is 1. The van der Waals surface area contributed by atoms with Crippen molar-refractivity contribution in [2.75, 3.05) is 19.7 Å². The molecule has 4 saturated carbocycles. The number of nitrogens with one attached hydrogen (secondary N) is 1. The number of primary amides is 1. The molecular formula is C24H30F3N3O3. The lowest BCUT2D eigenvalue weighted by atomic mass is 9.47. The van der Waals surface area contributed by atoms with Crippen molar-refractivity contribution < 1.29 is 27.5 Å². The molecule has 0 aromatic heterocycles. The number of halogens is 3. The van der Waals surface area contributed by atoms with E-state index in [2.05, 4.69) is 5.32 Å². The molecule has 180 valence electrons. The van der Waals surface area contributed by atoms with Gasteiger partial charge in [0.05, 0.1) is 12.2 Å². The first-order valence-corrected chi connectivity index (χ1v) is 11.7. The molecule has 0 radical (unpaired) electrons. The Morgan fingerprint density at radius 3 is 2.52 bits per heavy atom. The smallest absolute Gasteiger partial charge is 0.369 e. The molecule has 3 N–H and O–H groups in total. The molecule has 33 heavy (non-hydrogen) atoms. The van der Waals surface area contributed by atoms with E-state index in [0.717, 1.165) is 38.2 Å². The van der Waals surface area contributed by atoms with Crippen molar-refractivity contribution in [3.8, 4) is 0 Å². The minimum absolute atomic E-state index is 0.00598. The van der Waals surface area contributed by atoms with Crippen LogP contribution in [-0.2, 0) is 27.0 Å². The van der Waals surface area contributed by atoms with Crippen LogP contribution in [0.15, 0.2) is 24.3 Å². The summed E-state index contributed by atoms with van der Waals surface area (Å²) >= 11 is 0. The van der Waals surface area contributed by atoms with E-state index in [1.165, 1.54) is 12.1 Å². The van der Waals surface area contributed by atoms with E-state index in [1.54, 1.807) is 6.07 Å². The first-order valence-electron chi connectivity index (χ1n) is 11.7. The molecule has 1 saturated heterocycles. The maximum absolute atomic E-state index is 13.4. The van der Waals surface area contributed by atoms with Crippen molar-refractivity contribution in [1.29, 1.82) is 0 Å². The second-order valence-corrected chi connectivity index (χ2v) is 10.4. The number of benzene rings is 1. The Bertz CT molecular complexity index is 921. The number of carbonyl (C=O) groups excluding carboxylic acids is 2. The van der Waals surface area contributed by atoms with E-state index in [0.29, 0.717) is 12.5 Å². The standard InChI is InChI=1S/C24H30F3N3O3/c25-24(26,27)18-4-2-1-3-15(18)12-30-5-6-33-19(13-30)21(31)29-20-16-7-14-8-17(20)11-23(9-14,10-16)22(28)32/h1-4,14,16-17,19-20H,5-13H2,(H2,28,32)(H,29,31)/t14?,16?,17?,19-,20?,23?/m1/s1. The second kappa shape index (κ2) is 8.27. The summed E-state index contributed by atoms with van der Waals surface area (Å²) in [6.45, 7) is 1.11. The van der Waals surface area contributed by atoms with Crippen LogP contribution in [0.5, 0.6) is 0 Å². The van der Waals surface area contributed by atoms with Gasteiger partial charge in [-0.25, -0.2) is 0 Å². The number of alkyl halides is 3. The molecule has 5 aliphatic rings. The number of morpholine rings is 1. The monoisotopic (exact) mass is 465 g/mol. The van der Waals surface area contributed by atoms with Gasteiger partial charge >= 0.3 is 6.18 Å². The van der Waals surface area contributed by atoms with Crippen molar-refractivity contribution in [2.45, 2.75) is 57.0 Å². The zero-order chi connectivity index (χ0) is 23.4. The molecule has 2 amide bonds. The molecule has 3 atom stereocenters. The zero-order valence-electron chi connectivity index (χ0n) is 18.4. The molecule has 1 aliphatic heterocycles. The molecule has 4 aliphatic carbocycles. The summed E-state index contributed by atoms with van der Waals surface area (Å²) in [4.78, 5) is 27.1. The summed E-state index contributed by atoms with van der Waals surface area (Å²) in [6.07, 6.45) is -0.806. The van der Waals surface area contributed by atoms with Crippen LogP contribution in [0, 0.1) is 23.2 Å². The van der Waals surface area contributed by atoms with Gasteiger partial charge in [0.25, 0.3) is 5.91 Å². The molecule has 4 bridgehead atoms. The van der Waals surface area contributed by atoms with Gasteiger partial charge in [-0.1, -0.05) is 18.2 Å². The zero-order valence-corrected chi connectivity index (χ0v) is 18.4. The van der Waals surface area contributed by atoms with Crippen LogP contribution in [0.2, 0.25) is 0 Å². The SMILES string of the molecule is NC(=O)C12CC3CC(C1)C(NC(=O)[C@H]1CN(Cc4ccccc4C(F)(F)F)CCO1)C(C3)C2. The third-order valence-electron chi connectivity index (χ3n) is 8.26. The van der Waals surface area contributed by atoms with Crippen LogP contribution in [0.4, 0.5) is 13.2 Å². The molecule has 1 heterocycles. The molecule has 5 fully saturated rings. The molecule has 6 nitrogen and oxygen atoms in total. The minimum Gasteiger partial charge on any atom is -0.369 e. The van der Waals surface area contributed by atoms with Crippen LogP contribution in [0.3, 0.4) is 0 Å². The van der Waals surface area contributed by atoms with Crippen molar-refractivity contribution in [2.24, 2.45) is 28.9 Å². The molecule has 1 aromatic rings. The Kier molecular flexibility index (Phi) is 5.68. The van der Waals surface area contributed by atoms with E-state index in [-0.39, 0.29) is 55.0 Å². The largest absolute Gasteiger partial charge is 0.416 e. The van der Waals surface area contributed by atoms with Crippen LogP contribution < -0.4 is 11.1 Å². The topological polar surface area (TPSA) is 84.7 Å². The molecular weight excluding hydrogens is 435 g/mol. The van der Waals surface area contributed by atoms with E-state index in [1.807, 2.05) is 4.90 Å². The van der Waals surface area contributed by atoms with Crippen LogP contribution in [0.25, 0.3) is 0 Å². The predicted octanol–water partition coefficient (Wildman–Crippen LogP) is 2.70. The highest BCUT2D eigenvalue weighted by Crippen LogP contribution is 2.59. The summed E-state index contributed by atoms with van der Waals surface area (Å²) < 4.78 is 45.8. The summed E-state index contributed by atoms with van der Waals surface area (Å²) in [5.41, 5.74) is 4.89. The van der Waals surface area contributed by atoms with E-state index < -0.39 is 23.3 Å². The van der Waals surface area contributed by atoms with Gasteiger partial charge in [-0.05, 0) is 61.5 Å². The van der Waals surface area contributed by atoms with Crippen molar-refractivity contribution >= 4 is 11.8 Å². The summed E-state index contributed by atoms with van der Waals surface area (Å²) in [5, 5.41) is 3.19. The third kappa shape index (κ3) is 4.25. The van der Waals surface area contributed by atoms with Crippen LogP contribution in [-0.4, -0.2) is 48.6 Å². The van der Waals surface area contributed by atoms with E-state index in [4.69, 9.17) is 10.5 Å². The first-order chi connectivity index (χ1) is 15.6. The Hall–Kier alpha value is -2.13. The fourth-order valence-corrected chi connectivity index (χ4v) is 7.00. The van der Waals surface area contributed by atoms with Crippen LogP contribution >= 0.6 is 0 Å². The van der Waals surface area contributed by atoms with Gasteiger partial charge in [-0.2, -0.15) is 13.2 Å². The van der Waals surface area contributed by atoms with Crippen molar-refractivity contribution in [3.05, 3.63) is 35.4 Å². The van der Waals surface area contributed by atoms with Crippen LogP contribution in [0.1, 0.15) is 43.2 Å². The Morgan fingerprint density at radius 2 is 1.85 bits per heavy atom. The number of hydrogen-bond donors (Lipinski definition) is 2. The summed E-state index contributed by atoms with van der Waals surface area (Å²) in [6, 6.07) is 5.56. The molecule has 0 spiro atoms. The van der Waals surface area contributed by atoms with Gasteiger partial charge in [-0.3, -0.25) is 14.5 Å². The van der Waals surface area contributed by atoms with Gasteiger partial charge in [-0.15, -0.1) is 0 Å². The van der Waals surface area contributed by atoms with Gasteiger partial charge in [0.2, 0.25) is 5.91 Å². The number of nitrogens with two attached hydrogens (primary N) is 1. The lowest BCUT2D eigenvalue weighted by molar-refractivity contribution is -0.151. The summed E-state index contributed by atoms with van der Waals surface area (Å²) in [7, 11) is 0. The van der Waals surface area contributed by atoms with Crippen molar-refractivity contribution in [3.63, 3.8) is 0 Å². The number of hydrogen-bond acceptors (Lipinski definition) is 4. The number of amides is 2. The summed E-state index contributed by atoms with van der Waals surface area (Å²) in [5.74, 6) is 0.557. The normalized spacial score (nSPS) is 36.0. The third-order valence-corrected chi connectivity index (χ3v) is 8.26. The number of carbonyl (C=O) groups is 2. The van der Waals surface area contributed by atoms with Gasteiger partial charge in [0.15, 0.2) is 0 Å².